The van der Waals surface area contributed by atoms with E-state index in [1.54, 1.807) is 0 Å². The van der Waals surface area contributed by atoms with Gasteiger partial charge in [-0.15, -0.1) is 0 Å². The van der Waals surface area contributed by atoms with Crippen LogP contribution >= 0.6 is 30.4 Å². The van der Waals surface area contributed by atoms with Crippen molar-refractivity contribution in [3.63, 3.8) is 0 Å². The van der Waals surface area contributed by atoms with Crippen molar-refractivity contribution < 1.29 is 18.9 Å². The van der Waals surface area contributed by atoms with Gasteiger partial charge in [-0.25, -0.2) is 4.57 Å². The fraction of sp³-hybridized carbons (Fsp3) is 1.00. The largest absolute Gasteiger partial charge is 0.469 e. The molecule has 0 atom stereocenters. The lowest BCUT2D eigenvalue weighted by atomic mass is 10.9. The average molecular weight is 252 g/mol. The molecule has 0 heterocycles. The van der Waals surface area contributed by atoms with Crippen LogP contribution in [0.4, 0.5) is 0 Å². The smallest absolute Gasteiger partial charge is 0.303 e. The van der Waals surface area contributed by atoms with E-state index in [4.69, 9.17) is 9.79 Å². The standard InChI is InChI=1S/C2H6IO4P/c3-1-2-7-8(4,5)6/h1-2H2,(H2,4,5,6). The minimum Gasteiger partial charge on any atom is -0.303 e. The molecule has 0 bridgehead atoms. The van der Waals surface area contributed by atoms with Crippen molar-refractivity contribution in [1.29, 1.82) is 0 Å². The predicted octanol–water partition coefficient (Wildman–Crippen LogP) is 0.531. The second-order valence-corrected chi connectivity index (χ2v) is 3.33. The summed E-state index contributed by atoms with van der Waals surface area (Å²) in [6.45, 7) is 0.102. The molecule has 0 aliphatic heterocycles. The molecule has 2 N–H and O–H groups in total. The molecule has 0 rings (SSSR count). The molecule has 0 radical (unpaired) electrons. The van der Waals surface area contributed by atoms with Gasteiger partial charge in [-0.3, -0.25) is 4.52 Å². The van der Waals surface area contributed by atoms with E-state index in [2.05, 4.69) is 4.52 Å². The highest BCUT2D eigenvalue weighted by atomic mass is 127. The van der Waals surface area contributed by atoms with E-state index in [9.17, 15) is 4.57 Å². The van der Waals surface area contributed by atoms with Crippen molar-refractivity contribution in [3.8, 4) is 0 Å². The molecule has 0 spiro atoms. The van der Waals surface area contributed by atoms with E-state index < -0.39 is 7.82 Å². The van der Waals surface area contributed by atoms with Crippen molar-refractivity contribution in [2.24, 2.45) is 0 Å². The van der Waals surface area contributed by atoms with Gasteiger partial charge >= 0.3 is 7.82 Å². The summed E-state index contributed by atoms with van der Waals surface area (Å²) < 4.78 is 14.5. The second kappa shape index (κ2) is 3.79. The van der Waals surface area contributed by atoms with Crippen molar-refractivity contribution in [2.75, 3.05) is 11.0 Å². The zero-order valence-electron chi connectivity index (χ0n) is 3.95. The van der Waals surface area contributed by atoms with Crippen LogP contribution in [0.1, 0.15) is 0 Å². The van der Waals surface area contributed by atoms with Crippen LogP contribution in [-0.2, 0) is 9.09 Å². The van der Waals surface area contributed by atoms with E-state index in [1.807, 2.05) is 22.6 Å². The maximum Gasteiger partial charge on any atom is 0.469 e. The van der Waals surface area contributed by atoms with Gasteiger partial charge in [0.2, 0.25) is 0 Å². The van der Waals surface area contributed by atoms with Gasteiger partial charge in [-0.1, -0.05) is 22.6 Å². The van der Waals surface area contributed by atoms with Crippen LogP contribution in [0.3, 0.4) is 0 Å². The molecule has 6 heteroatoms. The van der Waals surface area contributed by atoms with Gasteiger partial charge in [0.1, 0.15) is 0 Å². The lowest BCUT2D eigenvalue weighted by Gasteiger charge is -2.00. The normalized spacial score (nSPS) is 11.9. The summed E-state index contributed by atoms with van der Waals surface area (Å²) in [7, 11) is -4.19. The van der Waals surface area contributed by atoms with Crippen LogP contribution in [-0.4, -0.2) is 20.8 Å². The number of phosphoric ester groups is 1. The highest BCUT2D eigenvalue weighted by Crippen LogP contribution is 2.35. The van der Waals surface area contributed by atoms with Crippen molar-refractivity contribution >= 4 is 30.4 Å². The van der Waals surface area contributed by atoms with Crippen LogP contribution in [0.5, 0.6) is 0 Å². The molecule has 0 unspecified atom stereocenters. The Kier molecular flexibility index (Phi) is 4.19. The quantitative estimate of drug-likeness (QED) is 0.436. The number of alkyl halides is 1. The lowest BCUT2D eigenvalue weighted by molar-refractivity contribution is 0.209. The Morgan fingerprint density at radius 1 is 1.62 bits per heavy atom. The van der Waals surface area contributed by atoms with E-state index in [1.165, 1.54) is 0 Å². The zero-order chi connectivity index (χ0) is 6.62. The molecule has 4 nitrogen and oxygen atoms in total. The third kappa shape index (κ3) is 6.84. The zero-order valence-corrected chi connectivity index (χ0v) is 7.00. The Morgan fingerprint density at radius 3 is 2.25 bits per heavy atom. The minimum absolute atomic E-state index is 0.102. The van der Waals surface area contributed by atoms with E-state index in [0.717, 1.165) is 0 Å². The molecule has 0 aromatic heterocycles. The van der Waals surface area contributed by atoms with Gasteiger partial charge in [0.15, 0.2) is 0 Å². The predicted molar refractivity (Wildman–Crippen MR) is 36.9 cm³/mol. The Balaban J connectivity index is 3.26. The molecule has 8 heavy (non-hydrogen) atoms. The van der Waals surface area contributed by atoms with Crippen molar-refractivity contribution in [3.05, 3.63) is 0 Å². The summed E-state index contributed by atoms with van der Waals surface area (Å²) >= 11 is 1.96. The Labute approximate surface area is 60.6 Å². The molecule has 0 saturated heterocycles. The van der Waals surface area contributed by atoms with Gasteiger partial charge in [-0.2, -0.15) is 0 Å². The maximum absolute atomic E-state index is 9.86. The summed E-state index contributed by atoms with van der Waals surface area (Å²) in [4.78, 5) is 16.1. The summed E-state index contributed by atoms with van der Waals surface area (Å²) in [5, 5.41) is 0. The van der Waals surface area contributed by atoms with Crippen LogP contribution in [0.15, 0.2) is 0 Å². The Hall–Kier alpha value is 0.840. The molecular weight excluding hydrogens is 246 g/mol. The first kappa shape index (κ1) is 8.84. The van der Waals surface area contributed by atoms with Gasteiger partial charge in [0, 0.05) is 4.43 Å². The molecule has 0 aliphatic carbocycles. The van der Waals surface area contributed by atoms with Crippen LogP contribution in [0, 0.1) is 0 Å². The highest BCUT2D eigenvalue weighted by Gasteiger charge is 2.11. The lowest BCUT2D eigenvalue weighted by Crippen LogP contribution is -1.91. The first-order valence-corrected chi connectivity index (χ1v) is 4.88. The first-order valence-electron chi connectivity index (χ1n) is 1.82. The van der Waals surface area contributed by atoms with Gasteiger partial charge in [-0.05, 0) is 0 Å². The Morgan fingerprint density at radius 2 is 2.12 bits per heavy atom. The summed E-state index contributed by atoms with van der Waals surface area (Å²) in [5.41, 5.74) is 0. The summed E-state index contributed by atoms with van der Waals surface area (Å²) in [5.74, 6) is 0. The first-order chi connectivity index (χ1) is 3.56. The third-order valence-electron chi connectivity index (χ3n) is 0.337. The van der Waals surface area contributed by atoms with Crippen molar-refractivity contribution in [2.45, 2.75) is 0 Å². The van der Waals surface area contributed by atoms with Crippen LogP contribution in [0.2, 0.25) is 0 Å². The number of rotatable bonds is 3. The molecule has 50 valence electrons. The van der Waals surface area contributed by atoms with Crippen molar-refractivity contribution in [1.82, 2.24) is 0 Å². The maximum atomic E-state index is 9.86. The highest BCUT2D eigenvalue weighted by molar-refractivity contribution is 14.1. The number of hydrogen-bond donors (Lipinski definition) is 2. The molecule has 0 amide bonds. The number of hydrogen-bond acceptors (Lipinski definition) is 2. The van der Waals surface area contributed by atoms with Crippen LogP contribution in [0.25, 0.3) is 0 Å². The van der Waals surface area contributed by atoms with Crippen LogP contribution < -0.4 is 0 Å². The monoisotopic (exact) mass is 252 g/mol. The molecular formula is C2H6IO4P. The van der Waals surface area contributed by atoms with E-state index >= 15 is 0 Å². The average Bonchev–Trinajstić information content (AvgIpc) is 1.59. The second-order valence-electron chi connectivity index (χ2n) is 1.01. The minimum atomic E-state index is -4.19. The molecule has 0 aromatic rings. The SMILES string of the molecule is O=P(O)(O)OCCI. The number of phosphoric acid groups is 1. The van der Waals surface area contributed by atoms with Gasteiger partial charge in [0.05, 0.1) is 6.61 Å². The Bertz CT molecular complexity index is 98.2. The topological polar surface area (TPSA) is 66.8 Å². The fourth-order valence-electron chi connectivity index (χ4n) is 0.153. The number of halogens is 1. The summed E-state index contributed by atoms with van der Waals surface area (Å²) in [6.07, 6.45) is 0. The molecule has 0 fully saturated rings. The molecule has 0 saturated carbocycles. The van der Waals surface area contributed by atoms with Gasteiger partial charge in [0.25, 0.3) is 0 Å². The third-order valence-corrected chi connectivity index (χ3v) is 1.30. The summed E-state index contributed by atoms with van der Waals surface area (Å²) in [6, 6.07) is 0. The molecule has 0 aliphatic rings. The fourth-order valence-corrected chi connectivity index (χ4v) is 1.05. The van der Waals surface area contributed by atoms with E-state index in [0.29, 0.717) is 4.43 Å². The van der Waals surface area contributed by atoms with Gasteiger partial charge < -0.3 is 9.79 Å². The van der Waals surface area contributed by atoms with E-state index in [-0.39, 0.29) is 6.61 Å². The molecule has 0 aromatic carbocycles.